The topological polar surface area (TPSA) is 34.0 Å². The molecule has 0 amide bonds. The molecule has 0 radical (unpaired) electrons. The molecule has 0 aliphatic rings. The number of pyridine rings is 1. The molecule has 1 N–H and O–H groups in total. The molecule has 6 heteroatoms. The van der Waals surface area contributed by atoms with Crippen molar-refractivity contribution in [1.29, 1.82) is 0 Å². The highest BCUT2D eigenvalue weighted by atomic mass is 19.4. The summed E-state index contributed by atoms with van der Waals surface area (Å²) in [5, 5.41) is 3.04. The van der Waals surface area contributed by atoms with Crippen LogP contribution >= 0.6 is 0 Å². The molecule has 20 heavy (non-hydrogen) atoms. The number of hydrogen-bond donors (Lipinski definition) is 1. The molecule has 3 nitrogen and oxygen atoms in total. The van der Waals surface area contributed by atoms with Gasteiger partial charge in [0.15, 0.2) is 0 Å². The lowest BCUT2D eigenvalue weighted by Crippen LogP contribution is -2.24. The van der Waals surface area contributed by atoms with E-state index in [0.717, 1.165) is 28.6 Å². The Morgan fingerprint density at radius 2 is 1.75 bits per heavy atom. The van der Waals surface area contributed by atoms with E-state index < -0.39 is 17.3 Å². The lowest BCUT2D eigenvalue weighted by atomic mass is 10.2. The minimum atomic E-state index is -4.44. The monoisotopic (exact) mass is 282 g/mol. The number of aromatic nitrogens is 1. The van der Waals surface area contributed by atoms with Crippen LogP contribution in [-0.4, -0.2) is 11.1 Å². The molecule has 0 saturated heterocycles. The smallest absolute Gasteiger partial charge is 0.383 e. The molecule has 1 aromatic heterocycles. The third-order valence-corrected chi connectivity index (χ3v) is 2.77. The van der Waals surface area contributed by atoms with Gasteiger partial charge in [-0.05, 0) is 18.2 Å². The average molecular weight is 282 g/mol. The van der Waals surface area contributed by atoms with Gasteiger partial charge in [0.05, 0.1) is 5.56 Å². The molecule has 0 aliphatic heterocycles. The van der Waals surface area contributed by atoms with Crippen LogP contribution in [-0.2, 0) is 12.7 Å². The predicted molar refractivity (Wildman–Crippen MR) is 70.6 cm³/mol. The first-order valence-corrected chi connectivity index (χ1v) is 6.03. The molecule has 0 spiro atoms. The van der Waals surface area contributed by atoms with Crippen LogP contribution in [0.2, 0.25) is 0 Å². The molecule has 0 atom stereocenters. The summed E-state index contributed by atoms with van der Waals surface area (Å²) in [4.78, 5) is 11.5. The highest BCUT2D eigenvalue weighted by molar-refractivity contribution is 5.42. The molecule has 0 unspecified atom stereocenters. The number of halogens is 3. The third-order valence-electron chi connectivity index (χ3n) is 2.77. The van der Waals surface area contributed by atoms with Crippen molar-refractivity contribution in [2.45, 2.75) is 12.7 Å². The lowest BCUT2D eigenvalue weighted by molar-refractivity contribution is -0.138. The van der Waals surface area contributed by atoms with Gasteiger partial charge in [-0.15, -0.1) is 0 Å². The molecule has 0 saturated carbocycles. The molecule has 2 rings (SSSR count). The average Bonchev–Trinajstić information content (AvgIpc) is 2.41. The summed E-state index contributed by atoms with van der Waals surface area (Å²) in [5.74, 6) is 0. The van der Waals surface area contributed by atoms with Gasteiger partial charge in [0.2, 0.25) is 0 Å². The molecule has 1 aromatic carbocycles. The summed E-state index contributed by atoms with van der Waals surface area (Å²) in [5.41, 5.74) is -0.419. The Bertz CT molecular complexity index is 620. The van der Waals surface area contributed by atoms with Gasteiger partial charge < -0.3 is 9.88 Å². The van der Waals surface area contributed by atoms with Crippen molar-refractivity contribution in [2.24, 2.45) is 0 Å². The number of nitrogens with zero attached hydrogens (tertiary/aromatic N) is 1. The largest absolute Gasteiger partial charge is 0.417 e. The fraction of sp³-hybridized carbons (Fsp3) is 0.214. The first kappa shape index (κ1) is 14.2. The van der Waals surface area contributed by atoms with Crippen LogP contribution in [0, 0.1) is 0 Å². The molecule has 0 aliphatic carbocycles. The SMILES string of the molecule is O=c1ccc(C(F)(F)F)cn1CCNc1ccccc1. The van der Waals surface area contributed by atoms with Crippen LogP contribution in [0.1, 0.15) is 5.56 Å². The summed E-state index contributed by atoms with van der Waals surface area (Å²) in [6, 6.07) is 11.0. The van der Waals surface area contributed by atoms with E-state index in [4.69, 9.17) is 0 Å². The molecule has 106 valence electrons. The number of para-hydroxylation sites is 1. The Morgan fingerprint density at radius 3 is 2.40 bits per heavy atom. The first-order chi connectivity index (χ1) is 9.47. The van der Waals surface area contributed by atoms with Crippen molar-refractivity contribution in [3.63, 3.8) is 0 Å². The fourth-order valence-electron chi connectivity index (χ4n) is 1.75. The van der Waals surface area contributed by atoms with Crippen LogP contribution in [0.25, 0.3) is 0 Å². The summed E-state index contributed by atoms with van der Waals surface area (Å²) in [7, 11) is 0. The fourth-order valence-corrected chi connectivity index (χ4v) is 1.75. The second-order valence-electron chi connectivity index (χ2n) is 4.24. The van der Waals surface area contributed by atoms with E-state index in [1.54, 1.807) is 0 Å². The maximum Gasteiger partial charge on any atom is 0.417 e. The van der Waals surface area contributed by atoms with Crippen molar-refractivity contribution in [3.8, 4) is 0 Å². The Hall–Kier alpha value is -2.24. The maximum atomic E-state index is 12.6. The van der Waals surface area contributed by atoms with Gasteiger partial charge in [-0.25, -0.2) is 0 Å². The number of benzene rings is 1. The van der Waals surface area contributed by atoms with Gasteiger partial charge in [-0.1, -0.05) is 18.2 Å². The highest BCUT2D eigenvalue weighted by Crippen LogP contribution is 2.27. The van der Waals surface area contributed by atoms with Crippen molar-refractivity contribution in [2.75, 3.05) is 11.9 Å². The predicted octanol–water partition coefficient (Wildman–Crippen LogP) is 2.98. The zero-order valence-electron chi connectivity index (χ0n) is 10.5. The van der Waals surface area contributed by atoms with Gasteiger partial charge in [-0.2, -0.15) is 13.2 Å². The minimum Gasteiger partial charge on any atom is -0.383 e. The number of nitrogens with one attached hydrogen (secondary N) is 1. The van der Waals surface area contributed by atoms with Crippen LogP contribution in [0.15, 0.2) is 53.5 Å². The zero-order valence-corrected chi connectivity index (χ0v) is 10.5. The quantitative estimate of drug-likeness (QED) is 0.935. The van der Waals surface area contributed by atoms with Gasteiger partial charge in [0.25, 0.3) is 5.56 Å². The normalized spacial score (nSPS) is 11.3. The van der Waals surface area contributed by atoms with E-state index in [2.05, 4.69) is 5.32 Å². The zero-order chi connectivity index (χ0) is 14.6. The standard InChI is InChI=1S/C14H13F3N2O/c15-14(16,17)11-6-7-13(20)19(10-11)9-8-18-12-4-2-1-3-5-12/h1-7,10,18H,8-9H2. The maximum absolute atomic E-state index is 12.6. The molecular weight excluding hydrogens is 269 g/mol. The Kier molecular flexibility index (Phi) is 4.12. The minimum absolute atomic E-state index is 0.164. The van der Waals surface area contributed by atoms with Crippen LogP contribution < -0.4 is 10.9 Å². The van der Waals surface area contributed by atoms with E-state index in [0.29, 0.717) is 6.54 Å². The Morgan fingerprint density at radius 1 is 1.05 bits per heavy atom. The first-order valence-electron chi connectivity index (χ1n) is 6.03. The summed E-state index contributed by atoms with van der Waals surface area (Å²) in [6.07, 6.45) is -3.60. The van der Waals surface area contributed by atoms with Crippen molar-refractivity contribution in [1.82, 2.24) is 4.57 Å². The molecule has 0 fully saturated rings. The van der Waals surface area contributed by atoms with Crippen LogP contribution in [0.5, 0.6) is 0 Å². The molecule has 0 bridgehead atoms. The number of rotatable bonds is 4. The van der Waals surface area contributed by atoms with E-state index in [9.17, 15) is 18.0 Å². The van der Waals surface area contributed by atoms with E-state index in [1.807, 2.05) is 30.3 Å². The number of alkyl halides is 3. The van der Waals surface area contributed by atoms with E-state index >= 15 is 0 Å². The van der Waals surface area contributed by atoms with Gasteiger partial charge in [0, 0.05) is 31.0 Å². The lowest BCUT2D eigenvalue weighted by Gasteiger charge is -2.11. The molecular formula is C14H13F3N2O. The summed E-state index contributed by atoms with van der Waals surface area (Å²) in [6.45, 7) is 0.531. The Labute approximate surface area is 113 Å². The number of hydrogen-bond acceptors (Lipinski definition) is 2. The van der Waals surface area contributed by atoms with E-state index in [1.165, 1.54) is 0 Å². The van der Waals surface area contributed by atoms with E-state index in [-0.39, 0.29) is 6.54 Å². The third kappa shape index (κ3) is 3.63. The van der Waals surface area contributed by atoms with Gasteiger partial charge in [0.1, 0.15) is 0 Å². The Balaban J connectivity index is 2.04. The molecule has 2 aromatic rings. The molecule has 1 heterocycles. The second-order valence-corrected chi connectivity index (χ2v) is 4.24. The van der Waals surface area contributed by atoms with Crippen LogP contribution in [0.3, 0.4) is 0 Å². The van der Waals surface area contributed by atoms with Crippen molar-refractivity contribution < 1.29 is 13.2 Å². The summed E-state index contributed by atoms with van der Waals surface area (Å²) >= 11 is 0. The summed E-state index contributed by atoms with van der Waals surface area (Å²) < 4.78 is 38.7. The van der Waals surface area contributed by atoms with Crippen molar-refractivity contribution >= 4 is 5.69 Å². The highest BCUT2D eigenvalue weighted by Gasteiger charge is 2.30. The van der Waals surface area contributed by atoms with Gasteiger partial charge >= 0.3 is 6.18 Å². The second kappa shape index (κ2) is 5.81. The van der Waals surface area contributed by atoms with Crippen molar-refractivity contribution in [3.05, 3.63) is 64.6 Å². The van der Waals surface area contributed by atoms with Gasteiger partial charge in [-0.3, -0.25) is 4.79 Å². The number of anilines is 1. The van der Waals surface area contributed by atoms with Crippen LogP contribution in [0.4, 0.5) is 18.9 Å².